The Hall–Kier alpha value is -1.52. The minimum absolute atomic E-state index is 0.0381. The molecule has 3 saturated heterocycles. The van der Waals surface area contributed by atoms with Crippen LogP contribution in [0.3, 0.4) is 0 Å². The van der Waals surface area contributed by atoms with E-state index >= 15 is 0 Å². The molecule has 1 aromatic heterocycles. The quantitative estimate of drug-likeness (QED) is 0.640. The average molecular weight is 437 g/mol. The van der Waals surface area contributed by atoms with Crippen molar-refractivity contribution in [2.45, 2.75) is 69.9 Å². The molecule has 174 valence electrons. The third-order valence-corrected chi connectivity index (χ3v) is 6.66. The molecule has 31 heavy (non-hydrogen) atoms. The second kappa shape index (κ2) is 10.9. The molecule has 9 heteroatoms. The molecule has 3 atom stereocenters. The van der Waals surface area contributed by atoms with Crippen LogP contribution in [0, 0.1) is 0 Å². The number of hydrogen-bond donors (Lipinski definition) is 2. The first kappa shape index (κ1) is 22.7. The molecule has 9 nitrogen and oxygen atoms in total. The Morgan fingerprint density at radius 2 is 1.97 bits per heavy atom. The Labute approximate surface area is 184 Å². The maximum absolute atomic E-state index is 11.5. The van der Waals surface area contributed by atoms with Crippen molar-refractivity contribution in [2.75, 3.05) is 45.9 Å². The summed E-state index contributed by atoms with van der Waals surface area (Å²) in [6.45, 7) is 7.98. The van der Waals surface area contributed by atoms with Crippen molar-refractivity contribution in [1.82, 2.24) is 20.3 Å². The fourth-order valence-electron chi connectivity index (χ4n) is 4.70. The zero-order valence-corrected chi connectivity index (χ0v) is 18.5. The van der Waals surface area contributed by atoms with Crippen LogP contribution in [0.1, 0.15) is 44.1 Å². The van der Waals surface area contributed by atoms with E-state index in [9.17, 15) is 9.90 Å². The minimum Gasteiger partial charge on any atom is -0.390 e. The molecule has 4 rings (SSSR count). The summed E-state index contributed by atoms with van der Waals surface area (Å²) < 4.78 is 17.1. The zero-order chi connectivity index (χ0) is 21.6. The lowest BCUT2D eigenvalue weighted by Crippen LogP contribution is -2.50. The van der Waals surface area contributed by atoms with E-state index in [2.05, 4.69) is 15.4 Å². The maximum Gasteiger partial charge on any atom is 0.219 e. The van der Waals surface area contributed by atoms with Crippen molar-refractivity contribution in [3.05, 3.63) is 17.5 Å². The van der Waals surface area contributed by atoms with Gasteiger partial charge in [0.2, 0.25) is 5.91 Å². The van der Waals surface area contributed by atoms with Crippen molar-refractivity contribution in [3.8, 4) is 0 Å². The number of aliphatic hydroxyl groups is 1. The first-order chi connectivity index (χ1) is 15.1. The lowest BCUT2D eigenvalue weighted by atomic mass is 9.97. The molecule has 3 aliphatic heterocycles. The van der Waals surface area contributed by atoms with Gasteiger partial charge in [0.25, 0.3) is 0 Å². The monoisotopic (exact) mass is 436 g/mol. The molecule has 1 aromatic rings. The largest absolute Gasteiger partial charge is 0.390 e. The van der Waals surface area contributed by atoms with Gasteiger partial charge in [-0.2, -0.15) is 0 Å². The van der Waals surface area contributed by atoms with Crippen LogP contribution >= 0.6 is 0 Å². The highest BCUT2D eigenvalue weighted by atomic mass is 16.5. The van der Waals surface area contributed by atoms with E-state index in [0.29, 0.717) is 19.0 Å². The number of amides is 1. The third kappa shape index (κ3) is 6.49. The van der Waals surface area contributed by atoms with Crippen LogP contribution in [0.25, 0.3) is 0 Å². The van der Waals surface area contributed by atoms with Crippen LogP contribution in [-0.2, 0) is 27.2 Å². The number of nitrogens with zero attached hydrogens (tertiary/aromatic N) is 3. The van der Waals surface area contributed by atoms with Crippen molar-refractivity contribution >= 4 is 5.91 Å². The van der Waals surface area contributed by atoms with Gasteiger partial charge in [-0.05, 0) is 25.7 Å². The molecule has 3 unspecified atom stereocenters. The minimum atomic E-state index is -0.449. The van der Waals surface area contributed by atoms with Gasteiger partial charge in [-0.15, -0.1) is 0 Å². The molecular weight excluding hydrogens is 400 g/mol. The number of likely N-dealkylation sites (tertiary alicyclic amines) is 1. The average Bonchev–Trinajstić information content (AvgIpc) is 3.21. The molecule has 0 bridgehead atoms. The lowest BCUT2D eigenvalue weighted by Gasteiger charge is -2.36. The number of rotatable bonds is 7. The van der Waals surface area contributed by atoms with Gasteiger partial charge in [-0.1, -0.05) is 5.16 Å². The molecule has 3 aliphatic rings. The van der Waals surface area contributed by atoms with Crippen LogP contribution in [0.2, 0.25) is 0 Å². The van der Waals surface area contributed by atoms with Gasteiger partial charge in [-0.25, -0.2) is 0 Å². The fraction of sp³-hybridized carbons (Fsp3) is 0.818. The van der Waals surface area contributed by atoms with E-state index in [1.54, 1.807) is 6.92 Å². The standard InChI is InChI=1S/C22H36N4O5/c1-16(27)26-6-4-17(5-7-26)23-14-22-21(28)3-2-19(30-22)12-18-13-20(31-24-18)15-25-8-10-29-11-9-25/h13,17,19,21-23,28H,2-12,14-15H2,1H3. The Balaban J connectivity index is 1.21. The van der Waals surface area contributed by atoms with E-state index in [1.807, 2.05) is 11.0 Å². The van der Waals surface area contributed by atoms with Crippen LogP contribution in [0.5, 0.6) is 0 Å². The predicted molar refractivity (Wildman–Crippen MR) is 113 cm³/mol. The number of carbonyl (C=O) groups excluding carboxylic acids is 1. The van der Waals surface area contributed by atoms with Gasteiger partial charge in [0.05, 0.1) is 43.8 Å². The molecule has 0 aromatic carbocycles. The molecule has 2 N–H and O–H groups in total. The van der Waals surface area contributed by atoms with Crippen molar-refractivity contribution < 1.29 is 23.9 Å². The molecule has 0 radical (unpaired) electrons. The molecular formula is C22H36N4O5. The van der Waals surface area contributed by atoms with Gasteiger partial charge in [0, 0.05) is 58.2 Å². The summed E-state index contributed by atoms with van der Waals surface area (Å²) in [7, 11) is 0. The Kier molecular flexibility index (Phi) is 7.95. The lowest BCUT2D eigenvalue weighted by molar-refractivity contribution is -0.130. The summed E-state index contributed by atoms with van der Waals surface area (Å²) in [6, 6.07) is 2.39. The van der Waals surface area contributed by atoms with Gasteiger partial charge in [0.15, 0.2) is 5.76 Å². The van der Waals surface area contributed by atoms with Crippen molar-refractivity contribution in [2.24, 2.45) is 0 Å². The molecule has 0 aliphatic carbocycles. The topological polar surface area (TPSA) is 100 Å². The number of aliphatic hydroxyl groups excluding tert-OH is 1. The van der Waals surface area contributed by atoms with Crippen molar-refractivity contribution in [1.29, 1.82) is 0 Å². The summed E-state index contributed by atoms with van der Waals surface area (Å²) >= 11 is 0. The highest BCUT2D eigenvalue weighted by Crippen LogP contribution is 2.23. The number of hydrogen-bond acceptors (Lipinski definition) is 8. The molecule has 0 spiro atoms. The van der Waals surface area contributed by atoms with Crippen molar-refractivity contribution in [3.63, 3.8) is 0 Å². The van der Waals surface area contributed by atoms with Gasteiger partial charge < -0.3 is 29.3 Å². The summed E-state index contributed by atoms with van der Waals surface area (Å²) in [5, 5.41) is 18.2. The number of ether oxygens (including phenoxy) is 2. The molecule has 4 heterocycles. The van der Waals surface area contributed by atoms with E-state index < -0.39 is 6.10 Å². The normalized spacial score (nSPS) is 28.7. The summed E-state index contributed by atoms with van der Waals surface area (Å²) in [4.78, 5) is 15.7. The molecule has 1 amide bonds. The van der Waals surface area contributed by atoms with E-state index in [4.69, 9.17) is 14.0 Å². The SMILES string of the molecule is CC(=O)N1CCC(NCC2OC(Cc3cc(CN4CCOCC4)on3)CCC2O)CC1. The highest BCUT2D eigenvalue weighted by Gasteiger charge is 2.31. The Morgan fingerprint density at radius 3 is 2.71 bits per heavy atom. The van der Waals surface area contributed by atoms with Gasteiger partial charge in [0.1, 0.15) is 0 Å². The second-order valence-corrected chi connectivity index (χ2v) is 9.01. The first-order valence-corrected chi connectivity index (χ1v) is 11.6. The van der Waals surface area contributed by atoms with Crippen LogP contribution in [-0.4, -0.2) is 96.3 Å². The Bertz CT molecular complexity index is 700. The van der Waals surface area contributed by atoms with Crippen LogP contribution in [0.4, 0.5) is 0 Å². The molecule has 0 saturated carbocycles. The summed E-state index contributed by atoms with van der Waals surface area (Å²) in [6.07, 6.45) is 3.51. The second-order valence-electron chi connectivity index (χ2n) is 9.01. The van der Waals surface area contributed by atoms with Gasteiger partial charge in [-0.3, -0.25) is 9.69 Å². The number of piperidine rings is 1. The first-order valence-electron chi connectivity index (χ1n) is 11.6. The zero-order valence-electron chi connectivity index (χ0n) is 18.5. The predicted octanol–water partition coefficient (Wildman–Crippen LogP) is 0.558. The number of aromatic nitrogens is 1. The Morgan fingerprint density at radius 1 is 1.19 bits per heavy atom. The third-order valence-electron chi connectivity index (χ3n) is 6.66. The maximum atomic E-state index is 11.5. The van der Waals surface area contributed by atoms with Crippen LogP contribution in [0.15, 0.2) is 10.6 Å². The molecule has 3 fully saturated rings. The number of morpholine rings is 1. The number of nitrogens with one attached hydrogen (secondary N) is 1. The van der Waals surface area contributed by atoms with Crippen LogP contribution < -0.4 is 5.32 Å². The summed E-state index contributed by atoms with van der Waals surface area (Å²) in [5.41, 5.74) is 0.910. The number of carbonyl (C=O) groups is 1. The van der Waals surface area contributed by atoms with Gasteiger partial charge >= 0.3 is 0 Å². The highest BCUT2D eigenvalue weighted by molar-refractivity contribution is 5.73. The van der Waals surface area contributed by atoms with E-state index in [-0.39, 0.29) is 18.1 Å². The summed E-state index contributed by atoms with van der Waals surface area (Å²) in [5.74, 6) is 1.02. The smallest absolute Gasteiger partial charge is 0.219 e. The van der Waals surface area contributed by atoms with E-state index in [0.717, 1.165) is 83.1 Å². The van der Waals surface area contributed by atoms with E-state index in [1.165, 1.54) is 0 Å². The fourth-order valence-corrected chi connectivity index (χ4v) is 4.70.